The van der Waals surface area contributed by atoms with Gasteiger partial charge in [-0.1, -0.05) is 0 Å². The number of nitrogens with zero attached hydrogens (tertiary/aromatic N) is 3. The zero-order chi connectivity index (χ0) is 23.4. The molecule has 1 atom stereocenters. The van der Waals surface area contributed by atoms with E-state index in [1.807, 2.05) is 43.3 Å². The molecule has 2 N–H and O–H groups in total. The summed E-state index contributed by atoms with van der Waals surface area (Å²) >= 11 is 0. The lowest BCUT2D eigenvalue weighted by molar-refractivity contribution is 0.0750. The number of rotatable bonds is 3. The molecule has 0 bridgehead atoms. The van der Waals surface area contributed by atoms with Gasteiger partial charge in [0.1, 0.15) is 5.65 Å². The van der Waals surface area contributed by atoms with E-state index in [0.29, 0.717) is 19.1 Å². The molecular weight excluding hydrogens is 422 g/mol. The molecule has 1 aromatic carbocycles. The highest BCUT2D eigenvalue weighted by atomic mass is 16.2. The van der Waals surface area contributed by atoms with Crippen molar-refractivity contribution in [1.82, 2.24) is 25.2 Å². The van der Waals surface area contributed by atoms with E-state index in [9.17, 15) is 4.79 Å². The highest BCUT2D eigenvalue weighted by Gasteiger charge is 2.30. The molecule has 0 saturated carbocycles. The van der Waals surface area contributed by atoms with Gasteiger partial charge in [0.05, 0.1) is 0 Å². The van der Waals surface area contributed by atoms with E-state index >= 15 is 0 Å². The molecule has 0 spiro atoms. The minimum atomic E-state index is 0.0720. The summed E-state index contributed by atoms with van der Waals surface area (Å²) in [7, 11) is 0. The van der Waals surface area contributed by atoms with E-state index in [-0.39, 0.29) is 5.91 Å². The van der Waals surface area contributed by atoms with E-state index in [4.69, 9.17) is 0 Å². The van der Waals surface area contributed by atoms with Gasteiger partial charge < -0.3 is 15.2 Å². The normalized spacial score (nSPS) is 17.5. The Labute approximate surface area is 199 Å². The number of pyridine rings is 2. The molecule has 2 aliphatic rings. The van der Waals surface area contributed by atoms with Crippen molar-refractivity contribution in [1.29, 1.82) is 0 Å². The summed E-state index contributed by atoms with van der Waals surface area (Å²) in [6.07, 6.45) is 6.26. The molecule has 2 aliphatic heterocycles. The molecule has 1 fully saturated rings. The first-order chi connectivity index (χ1) is 16.5. The Morgan fingerprint density at radius 1 is 1.03 bits per heavy atom. The summed E-state index contributed by atoms with van der Waals surface area (Å²) < 4.78 is 0. The predicted octanol–water partition coefficient (Wildman–Crippen LogP) is 5.13. The number of H-pyrrole nitrogens is 1. The second kappa shape index (κ2) is 8.06. The van der Waals surface area contributed by atoms with Crippen LogP contribution in [0.2, 0.25) is 0 Å². The zero-order valence-electron chi connectivity index (χ0n) is 19.9. The number of hydrogen-bond donors (Lipinski definition) is 2. The minimum Gasteiger partial charge on any atom is -0.346 e. The Hall–Kier alpha value is -3.51. The smallest absolute Gasteiger partial charge is 0.254 e. The highest BCUT2D eigenvalue weighted by molar-refractivity contribution is 5.95. The van der Waals surface area contributed by atoms with Crippen molar-refractivity contribution < 1.29 is 4.79 Å². The first kappa shape index (κ1) is 21.1. The van der Waals surface area contributed by atoms with Crippen molar-refractivity contribution in [3.63, 3.8) is 0 Å². The fraction of sp³-hybridized carbons (Fsp3) is 0.321. The van der Waals surface area contributed by atoms with Crippen molar-refractivity contribution >= 4 is 16.9 Å². The maximum Gasteiger partial charge on any atom is 0.254 e. The number of carbonyl (C=O) groups excluding carboxylic acids is 1. The summed E-state index contributed by atoms with van der Waals surface area (Å²) in [5.74, 6) is 0.0720. The first-order valence-corrected chi connectivity index (χ1v) is 12.0. The van der Waals surface area contributed by atoms with Crippen LogP contribution in [0.25, 0.3) is 22.2 Å². The molecule has 0 aliphatic carbocycles. The molecule has 172 valence electrons. The second-order valence-corrected chi connectivity index (χ2v) is 9.74. The standard InChI is InChI=1S/C28H29N5O/c1-16-12-30-27-23(16)11-21(13-31-27)19-9-22-14-33(28(34)20-7-17(2)32-18(3)8-20)15-25(22)24(10-19)26-5-4-6-29-26/h7-13,26,29H,4-6,14-15H2,1-3H3,(H,30,31)/t26-/m0/s1. The van der Waals surface area contributed by atoms with Crippen LogP contribution in [0.3, 0.4) is 0 Å². The maximum absolute atomic E-state index is 13.4. The Bertz CT molecular complexity index is 1410. The van der Waals surface area contributed by atoms with Crippen LogP contribution in [0, 0.1) is 20.8 Å². The van der Waals surface area contributed by atoms with Gasteiger partial charge in [0.2, 0.25) is 0 Å². The van der Waals surface area contributed by atoms with Gasteiger partial charge in [0.25, 0.3) is 5.91 Å². The number of aromatic amines is 1. The monoisotopic (exact) mass is 451 g/mol. The van der Waals surface area contributed by atoms with Gasteiger partial charge in [-0.05, 0) is 98.3 Å². The third-order valence-corrected chi connectivity index (χ3v) is 7.21. The number of fused-ring (bicyclic) bond motifs is 2. The molecule has 5 heterocycles. The van der Waals surface area contributed by atoms with Crippen molar-refractivity contribution in [3.8, 4) is 11.1 Å². The molecule has 3 aromatic heterocycles. The van der Waals surface area contributed by atoms with Gasteiger partial charge >= 0.3 is 0 Å². The van der Waals surface area contributed by atoms with Crippen molar-refractivity contribution in [3.05, 3.63) is 81.9 Å². The summed E-state index contributed by atoms with van der Waals surface area (Å²) in [4.78, 5) is 27.7. The van der Waals surface area contributed by atoms with Crippen LogP contribution in [0.4, 0.5) is 0 Å². The number of amides is 1. The number of carbonyl (C=O) groups is 1. The van der Waals surface area contributed by atoms with Gasteiger partial charge in [-0.3, -0.25) is 9.78 Å². The lowest BCUT2D eigenvalue weighted by Crippen LogP contribution is -2.26. The topological polar surface area (TPSA) is 73.9 Å². The number of hydrogen-bond acceptors (Lipinski definition) is 4. The highest BCUT2D eigenvalue weighted by Crippen LogP contribution is 2.38. The van der Waals surface area contributed by atoms with E-state index < -0.39 is 0 Å². The number of aromatic nitrogens is 3. The fourth-order valence-electron chi connectivity index (χ4n) is 5.55. The zero-order valence-corrected chi connectivity index (χ0v) is 19.9. The van der Waals surface area contributed by atoms with Gasteiger partial charge in [-0.25, -0.2) is 4.98 Å². The summed E-state index contributed by atoms with van der Waals surface area (Å²) in [6, 6.07) is 10.9. The van der Waals surface area contributed by atoms with Crippen molar-refractivity contribution in [2.24, 2.45) is 0 Å². The number of benzene rings is 1. The lowest BCUT2D eigenvalue weighted by Gasteiger charge is -2.18. The molecule has 0 unspecified atom stereocenters. The second-order valence-electron chi connectivity index (χ2n) is 9.74. The third-order valence-electron chi connectivity index (χ3n) is 7.21. The van der Waals surface area contributed by atoms with Crippen LogP contribution in [0.5, 0.6) is 0 Å². The molecule has 6 nitrogen and oxygen atoms in total. The first-order valence-electron chi connectivity index (χ1n) is 12.0. The number of aryl methyl sites for hydroxylation is 3. The quantitative estimate of drug-likeness (QED) is 0.453. The van der Waals surface area contributed by atoms with E-state index in [1.165, 1.54) is 34.2 Å². The maximum atomic E-state index is 13.4. The van der Waals surface area contributed by atoms with Crippen LogP contribution < -0.4 is 5.32 Å². The summed E-state index contributed by atoms with van der Waals surface area (Å²) in [5.41, 5.74) is 10.7. The Kier molecular flexibility index (Phi) is 4.99. The van der Waals surface area contributed by atoms with Crippen LogP contribution in [0.15, 0.2) is 42.7 Å². The van der Waals surface area contributed by atoms with Gasteiger partial charge in [-0.15, -0.1) is 0 Å². The molecule has 6 heteroatoms. The van der Waals surface area contributed by atoms with Crippen LogP contribution in [-0.4, -0.2) is 32.3 Å². The molecule has 1 amide bonds. The number of nitrogens with one attached hydrogen (secondary N) is 2. The summed E-state index contributed by atoms with van der Waals surface area (Å²) in [5, 5.41) is 4.83. The van der Waals surface area contributed by atoms with Gasteiger partial charge in [0, 0.05) is 59.4 Å². The van der Waals surface area contributed by atoms with Crippen LogP contribution in [-0.2, 0) is 13.1 Å². The van der Waals surface area contributed by atoms with E-state index in [0.717, 1.165) is 46.5 Å². The van der Waals surface area contributed by atoms with Gasteiger partial charge in [0.15, 0.2) is 0 Å². The van der Waals surface area contributed by atoms with E-state index in [2.05, 4.69) is 45.4 Å². The molecule has 1 saturated heterocycles. The van der Waals surface area contributed by atoms with E-state index in [1.54, 1.807) is 0 Å². The Morgan fingerprint density at radius 3 is 2.62 bits per heavy atom. The Morgan fingerprint density at radius 2 is 1.85 bits per heavy atom. The molecule has 4 aromatic rings. The predicted molar refractivity (Wildman–Crippen MR) is 134 cm³/mol. The fourth-order valence-corrected chi connectivity index (χ4v) is 5.55. The molecule has 0 radical (unpaired) electrons. The third kappa shape index (κ3) is 3.59. The van der Waals surface area contributed by atoms with Crippen molar-refractivity contribution in [2.45, 2.75) is 52.7 Å². The minimum absolute atomic E-state index is 0.0720. The summed E-state index contributed by atoms with van der Waals surface area (Å²) in [6.45, 7) is 8.30. The molecular formula is C28H29N5O. The Balaban J connectivity index is 1.40. The largest absolute Gasteiger partial charge is 0.346 e. The average molecular weight is 452 g/mol. The van der Waals surface area contributed by atoms with Crippen LogP contribution >= 0.6 is 0 Å². The SMILES string of the molecule is Cc1cc(C(=O)N2Cc3cc(-c4cnc5[nH]cc(C)c5c4)cc([C@@H]4CCCN4)c3C2)cc(C)n1. The molecule has 6 rings (SSSR count). The average Bonchev–Trinajstić information content (AvgIpc) is 3.57. The van der Waals surface area contributed by atoms with Gasteiger partial charge in [-0.2, -0.15) is 0 Å². The molecule has 34 heavy (non-hydrogen) atoms. The van der Waals surface area contributed by atoms with Crippen LogP contribution in [0.1, 0.15) is 62.9 Å². The van der Waals surface area contributed by atoms with Crippen molar-refractivity contribution in [2.75, 3.05) is 6.54 Å². The lowest BCUT2D eigenvalue weighted by atomic mass is 9.91.